The van der Waals surface area contributed by atoms with Crippen molar-refractivity contribution in [1.29, 1.82) is 5.26 Å². The second-order valence-electron chi connectivity index (χ2n) is 3.60. The summed E-state index contributed by atoms with van der Waals surface area (Å²) in [7, 11) is 0. The van der Waals surface area contributed by atoms with Gasteiger partial charge in [0.15, 0.2) is 0 Å². The van der Waals surface area contributed by atoms with Crippen molar-refractivity contribution in [3.8, 4) is 11.9 Å². The first kappa shape index (κ1) is 9.66. The van der Waals surface area contributed by atoms with Crippen LogP contribution < -0.4 is 4.74 Å². The van der Waals surface area contributed by atoms with Crippen molar-refractivity contribution in [1.82, 2.24) is 4.98 Å². The van der Waals surface area contributed by atoms with E-state index in [4.69, 9.17) is 10.00 Å². The maximum Gasteiger partial charge on any atom is 0.214 e. The third kappa shape index (κ3) is 2.32. The van der Waals surface area contributed by atoms with Crippen LogP contribution in [0, 0.1) is 17.2 Å². The summed E-state index contributed by atoms with van der Waals surface area (Å²) in [5.41, 5.74) is 0.345. The number of ketones is 1. The topological polar surface area (TPSA) is 63.0 Å². The van der Waals surface area contributed by atoms with Gasteiger partial charge >= 0.3 is 0 Å². The first-order chi connectivity index (χ1) is 7.28. The van der Waals surface area contributed by atoms with Crippen LogP contribution in [0.2, 0.25) is 0 Å². The molecule has 1 heterocycles. The molecule has 1 saturated carbocycles. The Labute approximate surface area is 87.5 Å². The van der Waals surface area contributed by atoms with Gasteiger partial charge in [0.25, 0.3) is 0 Å². The predicted molar refractivity (Wildman–Crippen MR) is 52.2 cm³/mol. The number of carbonyl (C=O) groups is 1. The van der Waals surface area contributed by atoms with Gasteiger partial charge in [0.05, 0.1) is 6.61 Å². The summed E-state index contributed by atoms with van der Waals surface area (Å²) in [5, 5.41) is 8.62. The van der Waals surface area contributed by atoms with Gasteiger partial charge in [-0.25, -0.2) is 4.98 Å². The lowest BCUT2D eigenvalue weighted by molar-refractivity contribution is -0.127. The van der Waals surface area contributed by atoms with Gasteiger partial charge in [0.1, 0.15) is 17.5 Å². The Morgan fingerprint density at radius 1 is 1.53 bits per heavy atom. The van der Waals surface area contributed by atoms with E-state index in [9.17, 15) is 4.79 Å². The minimum Gasteiger partial charge on any atom is -0.477 e. The fourth-order valence-electron chi connectivity index (χ4n) is 1.46. The Kier molecular flexibility index (Phi) is 2.64. The number of ether oxygens (including phenoxy) is 1. The van der Waals surface area contributed by atoms with Gasteiger partial charge < -0.3 is 4.74 Å². The molecule has 0 amide bonds. The Bertz CT molecular complexity index is 415. The molecule has 0 N–H and O–H groups in total. The molecule has 0 spiro atoms. The Morgan fingerprint density at radius 2 is 2.33 bits per heavy atom. The van der Waals surface area contributed by atoms with Crippen molar-refractivity contribution in [2.45, 2.75) is 12.8 Å². The van der Waals surface area contributed by atoms with Gasteiger partial charge in [-0.05, 0) is 6.07 Å². The highest BCUT2D eigenvalue weighted by atomic mass is 16.5. The molecule has 15 heavy (non-hydrogen) atoms. The number of aromatic nitrogens is 1. The molecule has 0 unspecified atom stereocenters. The molecule has 1 aliphatic carbocycles. The number of nitriles is 1. The highest BCUT2D eigenvalue weighted by molar-refractivity contribution is 5.84. The summed E-state index contributed by atoms with van der Waals surface area (Å²) in [4.78, 5) is 14.7. The largest absolute Gasteiger partial charge is 0.477 e. The third-order valence-corrected chi connectivity index (χ3v) is 2.34. The molecule has 0 saturated heterocycles. The molecule has 0 radical (unpaired) electrons. The van der Waals surface area contributed by atoms with Crippen LogP contribution in [-0.2, 0) is 4.79 Å². The quantitative estimate of drug-likeness (QED) is 0.741. The van der Waals surface area contributed by atoms with Crippen LogP contribution in [0.15, 0.2) is 18.2 Å². The van der Waals surface area contributed by atoms with E-state index in [1.165, 1.54) is 0 Å². The number of hydrogen-bond acceptors (Lipinski definition) is 4. The van der Waals surface area contributed by atoms with Gasteiger partial charge in [-0.15, -0.1) is 0 Å². The first-order valence-corrected chi connectivity index (χ1v) is 4.79. The maximum atomic E-state index is 10.7. The average molecular weight is 202 g/mol. The number of nitrogens with zero attached hydrogens (tertiary/aromatic N) is 2. The van der Waals surface area contributed by atoms with E-state index in [1.807, 2.05) is 6.07 Å². The minimum atomic E-state index is 0.294. The van der Waals surface area contributed by atoms with E-state index in [2.05, 4.69) is 4.98 Å². The summed E-state index contributed by atoms with van der Waals surface area (Å²) >= 11 is 0. The molecule has 1 aliphatic rings. The molecule has 4 nitrogen and oxygen atoms in total. The zero-order chi connectivity index (χ0) is 10.7. The molecule has 1 fully saturated rings. The molecule has 0 aliphatic heterocycles. The summed E-state index contributed by atoms with van der Waals surface area (Å²) in [6.07, 6.45) is 1.22. The van der Waals surface area contributed by atoms with Crippen LogP contribution in [0.1, 0.15) is 18.5 Å². The van der Waals surface area contributed by atoms with Gasteiger partial charge in [0, 0.05) is 24.8 Å². The molecule has 76 valence electrons. The van der Waals surface area contributed by atoms with Crippen molar-refractivity contribution in [3.05, 3.63) is 23.9 Å². The SMILES string of the molecule is N#Cc1cccc(OCC2CC(=O)C2)n1. The molecular formula is C11H10N2O2. The summed E-state index contributed by atoms with van der Waals surface area (Å²) in [5.74, 6) is 1.07. The van der Waals surface area contributed by atoms with Crippen molar-refractivity contribution in [2.75, 3.05) is 6.61 Å². The maximum absolute atomic E-state index is 10.7. The standard InChI is InChI=1S/C11H10N2O2/c12-6-9-2-1-3-11(13-9)15-7-8-4-10(14)5-8/h1-3,8H,4-5,7H2. The van der Waals surface area contributed by atoms with Crippen LogP contribution in [0.25, 0.3) is 0 Å². The second kappa shape index (κ2) is 4.09. The Balaban J connectivity index is 1.88. The van der Waals surface area contributed by atoms with Crippen LogP contribution >= 0.6 is 0 Å². The van der Waals surface area contributed by atoms with Gasteiger partial charge in [0.2, 0.25) is 5.88 Å². The third-order valence-electron chi connectivity index (χ3n) is 2.34. The average Bonchev–Trinajstić information content (AvgIpc) is 2.23. The lowest BCUT2D eigenvalue weighted by Crippen LogP contribution is -2.28. The van der Waals surface area contributed by atoms with Crippen LogP contribution in [0.5, 0.6) is 5.88 Å². The first-order valence-electron chi connectivity index (χ1n) is 4.79. The summed E-state index contributed by atoms with van der Waals surface area (Å²) in [6.45, 7) is 0.508. The Hall–Kier alpha value is -1.89. The molecule has 1 aromatic heterocycles. The van der Waals surface area contributed by atoms with E-state index in [0.717, 1.165) is 0 Å². The number of Topliss-reactive ketones (excluding diaryl/α,β-unsaturated/α-hetero) is 1. The number of carbonyl (C=O) groups excluding carboxylic acids is 1. The highest BCUT2D eigenvalue weighted by Crippen LogP contribution is 2.23. The smallest absolute Gasteiger partial charge is 0.214 e. The van der Waals surface area contributed by atoms with E-state index < -0.39 is 0 Å². The van der Waals surface area contributed by atoms with Gasteiger partial charge in [-0.1, -0.05) is 6.07 Å². The number of pyridine rings is 1. The van der Waals surface area contributed by atoms with Crippen molar-refractivity contribution >= 4 is 5.78 Å². The van der Waals surface area contributed by atoms with E-state index in [0.29, 0.717) is 42.7 Å². The Morgan fingerprint density at radius 3 is 3.00 bits per heavy atom. The van der Waals surface area contributed by atoms with Crippen LogP contribution in [-0.4, -0.2) is 17.4 Å². The monoisotopic (exact) mass is 202 g/mol. The lowest BCUT2D eigenvalue weighted by atomic mass is 9.85. The number of hydrogen-bond donors (Lipinski definition) is 0. The van der Waals surface area contributed by atoms with E-state index in [-0.39, 0.29) is 0 Å². The predicted octanol–water partition coefficient (Wildman–Crippen LogP) is 1.31. The fraction of sp³-hybridized carbons (Fsp3) is 0.364. The zero-order valence-electron chi connectivity index (χ0n) is 8.14. The van der Waals surface area contributed by atoms with Crippen molar-refractivity contribution in [3.63, 3.8) is 0 Å². The molecule has 2 rings (SSSR count). The molecule has 4 heteroatoms. The van der Waals surface area contributed by atoms with Crippen LogP contribution in [0.4, 0.5) is 0 Å². The van der Waals surface area contributed by atoms with E-state index >= 15 is 0 Å². The highest BCUT2D eigenvalue weighted by Gasteiger charge is 2.26. The fourth-order valence-corrected chi connectivity index (χ4v) is 1.46. The zero-order valence-corrected chi connectivity index (χ0v) is 8.14. The van der Waals surface area contributed by atoms with Crippen molar-refractivity contribution < 1.29 is 9.53 Å². The molecule has 1 aromatic rings. The number of rotatable bonds is 3. The summed E-state index contributed by atoms with van der Waals surface area (Å²) < 4.78 is 5.39. The second-order valence-corrected chi connectivity index (χ2v) is 3.60. The molecule has 0 atom stereocenters. The van der Waals surface area contributed by atoms with Gasteiger partial charge in [-0.2, -0.15) is 5.26 Å². The van der Waals surface area contributed by atoms with Crippen LogP contribution in [0.3, 0.4) is 0 Å². The van der Waals surface area contributed by atoms with E-state index in [1.54, 1.807) is 18.2 Å². The molecule has 0 bridgehead atoms. The van der Waals surface area contributed by atoms with Gasteiger partial charge in [-0.3, -0.25) is 4.79 Å². The van der Waals surface area contributed by atoms with Crippen molar-refractivity contribution in [2.24, 2.45) is 5.92 Å². The summed E-state index contributed by atoms with van der Waals surface area (Å²) in [6, 6.07) is 7.01. The molecular weight excluding hydrogens is 192 g/mol. The minimum absolute atomic E-state index is 0.294. The lowest BCUT2D eigenvalue weighted by Gasteiger charge is -2.23. The molecule has 0 aromatic carbocycles. The normalized spacial score (nSPS) is 15.5.